The van der Waals surface area contributed by atoms with Crippen LogP contribution in [-0.4, -0.2) is 34.7 Å². The van der Waals surface area contributed by atoms with Gasteiger partial charge >= 0.3 is 0 Å². The molecule has 0 radical (unpaired) electrons. The van der Waals surface area contributed by atoms with E-state index in [4.69, 9.17) is 0 Å². The summed E-state index contributed by atoms with van der Waals surface area (Å²) in [5.74, 6) is 0.0316. The van der Waals surface area contributed by atoms with Crippen LogP contribution in [0.1, 0.15) is 73.4 Å². The lowest BCUT2D eigenvalue weighted by atomic mass is 9.83. The van der Waals surface area contributed by atoms with Gasteiger partial charge in [0.05, 0.1) is 0 Å². The van der Waals surface area contributed by atoms with Crippen molar-refractivity contribution in [3.05, 3.63) is 34.9 Å². The van der Waals surface area contributed by atoms with E-state index in [1.54, 1.807) is 4.90 Å². The van der Waals surface area contributed by atoms with Crippen molar-refractivity contribution in [2.75, 3.05) is 0 Å². The van der Waals surface area contributed by atoms with Crippen LogP contribution in [0.2, 0.25) is 0 Å². The van der Waals surface area contributed by atoms with E-state index in [2.05, 4.69) is 23.6 Å². The van der Waals surface area contributed by atoms with E-state index in [0.717, 1.165) is 18.0 Å². The smallest absolute Gasteiger partial charge is 0.255 e. The Morgan fingerprint density at radius 2 is 1.96 bits per heavy atom. The van der Waals surface area contributed by atoms with Gasteiger partial charge in [-0.1, -0.05) is 38.3 Å². The molecule has 28 heavy (non-hydrogen) atoms. The lowest BCUT2D eigenvalue weighted by molar-refractivity contribution is -0.136. The Morgan fingerprint density at radius 1 is 1.14 bits per heavy atom. The second kappa shape index (κ2) is 8.03. The molecule has 1 aliphatic carbocycles. The summed E-state index contributed by atoms with van der Waals surface area (Å²) >= 11 is 0. The molecule has 1 aromatic carbocycles. The van der Waals surface area contributed by atoms with Crippen molar-refractivity contribution in [2.24, 2.45) is 5.92 Å². The number of hydrogen-bond acceptors (Lipinski definition) is 4. The van der Waals surface area contributed by atoms with E-state index in [9.17, 15) is 14.4 Å². The van der Waals surface area contributed by atoms with Crippen LogP contribution in [0, 0.1) is 5.92 Å². The molecule has 1 aromatic rings. The van der Waals surface area contributed by atoms with Crippen LogP contribution in [0.5, 0.6) is 0 Å². The minimum Gasteiger partial charge on any atom is -0.322 e. The van der Waals surface area contributed by atoms with Gasteiger partial charge in [0.1, 0.15) is 6.04 Å². The summed E-state index contributed by atoms with van der Waals surface area (Å²) in [6, 6.07) is 6.02. The molecule has 1 saturated carbocycles. The first-order chi connectivity index (χ1) is 13.6. The molecule has 0 bridgehead atoms. The topological polar surface area (TPSA) is 78.5 Å². The number of rotatable bonds is 5. The zero-order valence-electron chi connectivity index (χ0n) is 16.5. The highest BCUT2D eigenvalue weighted by Gasteiger charge is 2.39. The van der Waals surface area contributed by atoms with Gasteiger partial charge in [-0.3, -0.25) is 19.7 Å². The van der Waals surface area contributed by atoms with Gasteiger partial charge in [-0.25, -0.2) is 0 Å². The predicted octanol–water partition coefficient (Wildman–Crippen LogP) is 2.51. The van der Waals surface area contributed by atoms with E-state index in [1.165, 1.54) is 37.7 Å². The first-order valence-electron chi connectivity index (χ1n) is 10.6. The maximum Gasteiger partial charge on any atom is 0.255 e. The third-order valence-corrected chi connectivity index (χ3v) is 6.59. The molecular formula is C22H29N3O3. The zero-order valence-corrected chi connectivity index (χ0v) is 16.5. The largest absolute Gasteiger partial charge is 0.322 e. The lowest BCUT2D eigenvalue weighted by Gasteiger charge is -2.31. The third-order valence-electron chi connectivity index (χ3n) is 6.59. The molecule has 0 aromatic heterocycles. The number of amides is 3. The molecule has 3 aliphatic rings. The number of fused-ring (bicyclic) bond motifs is 1. The summed E-state index contributed by atoms with van der Waals surface area (Å²) < 4.78 is 0. The van der Waals surface area contributed by atoms with Gasteiger partial charge in [-0.05, 0) is 42.4 Å². The number of piperidine rings is 1. The van der Waals surface area contributed by atoms with Crippen LogP contribution >= 0.6 is 0 Å². The Morgan fingerprint density at radius 3 is 2.75 bits per heavy atom. The van der Waals surface area contributed by atoms with E-state index in [1.807, 2.05) is 12.1 Å². The molecule has 0 spiro atoms. The van der Waals surface area contributed by atoms with Crippen LogP contribution < -0.4 is 10.6 Å². The average molecular weight is 383 g/mol. The van der Waals surface area contributed by atoms with Crippen molar-refractivity contribution in [1.29, 1.82) is 0 Å². The number of nitrogens with zero attached hydrogens (tertiary/aromatic N) is 1. The fourth-order valence-electron chi connectivity index (χ4n) is 4.95. The maximum atomic E-state index is 12.8. The van der Waals surface area contributed by atoms with Gasteiger partial charge in [-0.15, -0.1) is 0 Å². The van der Waals surface area contributed by atoms with Crippen molar-refractivity contribution >= 4 is 17.7 Å². The normalized spacial score (nSPS) is 27.7. The Hall–Kier alpha value is -2.21. The lowest BCUT2D eigenvalue weighted by Crippen LogP contribution is -2.52. The summed E-state index contributed by atoms with van der Waals surface area (Å²) in [5, 5.41) is 6.08. The molecule has 2 aliphatic heterocycles. The molecular weight excluding hydrogens is 354 g/mol. The van der Waals surface area contributed by atoms with E-state index in [0.29, 0.717) is 24.6 Å². The summed E-state index contributed by atoms with van der Waals surface area (Å²) in [4.78, 5) is 37.9. The monoisotopic (exact) mass is 383 g/mol. The van der Waals surface area contributed by atoms with Crippen LogP contribution in [0.3, 0.4) is 0 Å². The second-order valence-electron chi connectivity index (χ2n) is 8.33. The molecule has 3 atom stereocenters. The first kappa shape index (κ1) is 19.1. The molecule has 4 rings (SSSR count). The summed E-state index contributed by atoms with van der Waals surface area (Å²) in [5.41, 5.74) is 2.83. The fourth-order valence-corrected chi connectivity index (χ4v) is 4.95. The van der Waals surface area contributed by atoms with Gasteiger partial charge in [-0.2, -0.15) is 0 Å². The molecule has 1 saturated heterocycles. The first-order valence-corrected chi connectivity index (χ1v) is 10.6. The summed E-state index contributed by atoms with van der Waals surface area (Å²) in [6.45, 7) is 3.52. The van der Waals surface area contributed by atoms with Crippen molar-refractivity contribution < 1.29 is 14.4 Å². The van der Waals surface area contributed by atoms with Gasteiger partial charge in [0.15, 0.2) is 0 Å². The molecule has 6 heteroatoms. The van der Waals surface area contributed by atoms with Crippen molar-refractivity contribution in [3.63, 3.8) is 0 Å². The number of benzene rings is 1. The summed E-state index contributed by atoms with van der Waals surface area (Å²) in [7, 11) is 0. The molecule has 6 nitrogen and oxygen atoms in total. The van der Waals surface area contributed by atoms with Gasteiger partial charge in [0, 0.05) is 31.1 Å². The van der Waals surface area contributed by atoms with Crippen LogP contribution in [0.15, 0.2) is 18.2 Å². The maximum absolute atomic E-state index is 12.8. The number of hydrogen-bond donors (Lipinski definition) is 2. The number of imide groups is 1. The van der Waals surface area contributed by atoms with Gasteiger partial charge in [0.2, 0.25) is 11.8 Å². The van der Waals surface area contributed by atoms with E-state index in [-0.39, 0.29) is 24.1 Å². The number of nitrogens with one attached hydrogen (secondary N) is 2. The standard InChI is InChI=1S/C22H29N3O3/c1-2-15-5-3-4-6-18(15)23-12-14-7-8-17-16(11-14)13-25(22(17)28)19-9-10-20(26)24-21(19)27/h7-8,11,15,18-19,23H,2-6,9-10,12-13H2,1H3,(H,24,26,27)/t15-,18+,19?/m0/s1. The Balaban J connectivity index is 1.42. The van der Waals surface area contributed by atoms with Crippen molar-refractivity contribution in [3.8, 4) is 0 Å². The molecule has 2 fully saturated rings. The zero-order chi connectivity index (χ0) is 19.7. The fraction of sp³-hybridized carbons (Fsp3) is 0.591. The van der Waals surface area contributed by atoms with Crippen molar-refractivity contribution in [1.82, 2.24) is 15.5 Å². The predicted molar refractivity (Wildman–Crippen MR) is 105 cm³/mol. The third kappa shape index (κ3) is 3.70. The van der Waals surface area contributed by atoms with Gasteiger partial charge < -0.3 is 10.2 Å². The quantitative estimate of drug-likeness (QED) is 0.766. The minimum atomic E-state index is -0.549. The average Bonchev–Trinajstić information content (AvgIpc) is 3.02. The summed E-state index contributed by atoms with van der Waals surface area (Å²) in [6.07, 6.45) is 7.10. The van der Waals surface area contributed by atoms with E-state index >= 15 is 0 Å². The number of carbonyl (C=O) groups is 3. The Bertz CT molecular complexity index is 791. The highest BCUT2D eigenvalue weighted by molar-refractivity contribution is 6.05. The highest BCUT2D eigenvalue weighted by Crippen LogP contribution is 2.29. The van der Waals surface area contributed by atoms with Gasteiger partial charge in [0.25, 0.3) is 5.91 Å². The molecule has 2 N–H and O–H groups in total. The molecule has 3 amide bonds. The van der Waals surface area contributed by atoms with Crippen LogP contribution in [-0.2, 0) is 22.7 Å². The van der Waals surface area contributed by atoms with Crippen LogP contribution in [0.25, 0.3) is 0 Å². The van der Waals surface area contributed by atoms with E-state index < -0.39 is 6.04 Å². The molecule has 1 unspecified atom stereocenters. The molecule has 150 valence electrons. The molecule has 2 heterocycles. The SMILES string of the molecule is CC[C@H]1CCCC[C@H]1NCc1ccc2c(c1)CN(C1CCC(=O)NC1=O)C2=O. The Kier molecular flexibility index (Phi) is 5.49. The Labute approximate surface area is 166 Å². The second-order valence-corrected chi connectivity index (χ2v) is 8.33. The van der Waals surface area contributed by atoms with Crippen LogP contribution in [0.4, 0.5) is 0 Å². The minimum absolute atomic E-state index is 0.109. The highest BCUT2D eigenvalue weighted by atomic mass is 16.2. The van der Waals surface area contributed by atoms with Crippen molar-refractivity contribution in [2.45, 2.75) is 77.0 Å². The number of carbonyl (C=O) groups excluding carboxylic acids is 3.